The third kappa shape index (κ3) is 5.41. The van der Waals surface area contributed by atoms with E-state index in [2.05, 4.69) is 9.39 Å². The molecule has 0 spiro atoms. The number of nitrogens with zero attached hydrogens (tertiary/aromatic N) is 1. The van der Waals surface area contributed by atoms with Gasteiger partial charge in [0.1, 0.15) is 0 Å². The Balaban J connectivity index is 0.000000487. The Morgan fingerprint density at radius 3 is 0.750 bits per heavy atom. The molecule has 0 aromatic heterocycles. The SMILES string of the molecule is CN(C)P.ClC1C(Cl)C(Cl)C(Cl)C(Cl)C1Cl. The van der Waals surface area contributed by atoms with Crippen molar-refractivity contribution >= 4 is 79.0 Å². The van der Waals surface area contributed by atoms with E-state index >= 15 is 0 Å². The van der Waals surface area contributed by atoms with Crippen LogP contribution in [0.25, 0.3) is 0 Å². The number of halogens is 6. The summed E-state index contributed by atoms with van der Waals surface area (Å²) in [6.07, 6.45) is 0. The van der Waals surface area contributed by atoms with Gasteiger partial charge in [-0.05, 0) is 14.1 Å². The molecule has 0 amide bonds. The minimum Gasteiger partial charge on any atom is -0.293 e. The van der Waals surface area contributed by atoms with Crippen LogP contribution in [-0.2, 0) is 0 Å². The zero-order valence-electron chi connectivity index (χ0n) is 8.76. The van der Waals surface area contributed by atoms with Gasteiger partial charge in [0.2, 0.25) is 0 Å². The molecule has 1 nitrogen and oxygen atoms in total. The van der Waals surface area contributed by atoms with E-state index in [1.165, 1.54) is 0 Å². The summed E-state index contributed by atoms with van der Waals surface area (Å²) in [5, 5.41) is -2.62. The van der Waals surface area contributed by atoms with Crippen LogP contribution >= 0.6 is 79.0 Å². The first kappa shape index (κ1) is 18.1. The van der Waals surface area contributed by atoms with E-state index in [9.17, 15) is 0 Å². The second-order valence-corrected chi connectivity index (χ2v) is 7.69. The monoisotopic (exact) mass is 365 g/mol. The standard InChI is InChI=1S/C6H6Cl6.C2H8NP/c7-1-2(8)4(10)6(12)5(11)3(1)9;1-3(2)4/h1-6H;4H2,1-2H3. The van der Waals surface area contributed by atoms with Crippen molar-refractivity contribution in [1.82, 2.24) is 4.67 Å². The molecule has 16 heavy (non-hydrogen) atoms. The molecule has 1 saturated carbocycles. The maximum absolute atomic E-state index is 5.88. The quantitative estimate of drug-likeness (QED) is 0.462. The molecule has 1 fully saturated rings. The highest BCUT2D eigenvalue weighted by Crippen LogP contribution is 2.39. The summed E-state index contributed by atoms with van der Waals surface area (Å²) in [4.78, 5) is 0. The van der Waals surface area contributed by atoms with Gasteiger partial charge in [0.15, 0.2) is 0 Å². The topological polar surface area (TPSA) is 3.24 Å². The van der Waals surface area contributed by atoms with Crippen molar-refractivity contribution in [1.29, 1.82) is 0 Å². The summed E-state index contributed by atoms with van der Waals surface area (Å²) in [5.41, 5.74) is 0. The second-order valence-electron chi connectivity index (χ2n) is 3.63. The molecule has 8 heteroatoms. The highest BCUT2D eigenvalue weighted by molar-refractivity contribution is 7.13. The van der Waals surface area contributed by atoms with Gasteiger partial charge in [-0.15, -0.1) is 69.6 Å². The molecule has 0 saturated heterocycles. The van der Waals surface area contributed by atoms with Crippen LogP contribution in [0.2, 0.25) is 0 Å². The first-order chi connectivity index (χ1) is 7.20. The maximum Gasteiger partial charge on any atom is 0.0693 e. The third-order valence-corrected chi connectivity index (χ3v) is 5.86. The van der Waals surface area contributed by atoms with E-state index in [1.807, 2.05) is 18.8 Å². The lowest BCUT2D eigenvalue weighted by molar-refractivity contribution is 0.544. The van der Waals surface area contributed by atoms with Gasteiger partial charge in [0.05, 0.1) is 32.3 Å². The van der Waals surface area contributed by atoms with Crippen LogP contribution in [0.3, 0.4) is 0 Å². The molecular weight excluding hydrogens is 354 g/mol. The summed E-state index contributed by atoms with van der Waals surface area (Å²) in [5.74, 6) is 0. The van der Waals surface area contributed by atoms with Crippen molar-refractivity contribution in [3.8, 4) is 0 Å². The molecule has 1 aliphatic rings. The number of hydrogen-bond acceptors (Lipinski definition) is 1. The lowest BCUT2D eigenvalue weighted by Gasteiger charge is -2.37. The summed E-state index contributed by atoms with van der Waals surface area (Å²) in [6, 6.07) is 0. The minimum absolute atomic E-state index is 0.437. The minimum atomic E-state index is -0.437. The summed E-state index contributed by atoms with van der Waals surface area (Å²) in [6.45, 7) is 0. The molecule has 0 heterocycles. The van der Waals surface area contributed by atoms with Crippen molar-refractivity contribution in [2.24, 2.45) is 0 Å². The van der Waals surface area contributed by atoms with E-state index in [1.54, 1.807) is 0 Å². The van der Waals surface area contributed by atoms with E-state index < -0.39 is 32.3 Å². The summed E-state index contributed by atoms with van der Waals surface area (Å²) in [7, 11) is 6.42. The van der Waals surface area contributed by atoms with Crippen LogP contribution in [-0.4, -0.2) is 51.0 Å². The van der Waals surface area contributed by atoms with Crippen molar-refractivity contribution in [2.45, 2.75) is 32.3 Å². The molecule has 0 aromatic rings. The average Bonchev–Trinajstić information content (AvgIpc) is 2.20. The molecule has 0 bridgehead atoms. The van der Waals surface area contributed by atoms with Gasteiger partial charge < -0.3 is 0 Å². The molecule has 0 aromatic carbocycles. The van der Waals surface area contributed by atoms with Crippen molar-refractivity contribution < 1.29 is 0 Å². The Morgan fingerprint density at radius 1 is 0.625 bits per heavy atom. The lowest BCUT2D eigenvalue weighted by Crippen LogP contribution is -2.52. The lowest BCUT2D eigenvalue weighted by atomic mass is 9.97. The molecule has 1 rings (SSSR count). The van der Waals surface area contributed by atoms with E-state index in [-0.39, 0.29) is 0 Å². The van der Waals surface area contributed by atoms with Gasteiger partial charge in [-0.1, -0.05) is 9.39 Å². The third-order valence-electron chi connectivity index (χ3n) is 1.83. The number of rotatable bonds is 0. The Morgan fingerprint density at radius 2 is 0.688 bits per heavy atom. The van der Waals surface area contributed by atoms with Gasteiger partial charge in [-0.25, -0.2) is 0 Å². The van der Waals surface area contributed by atoms with E-state index in [4.69, 9.17) is 69.6 Å². The summed E-state index contributed by atoms with van der Waals surface area (Å²) < 4.78 is 1.92. The Hall–Kier alpha value is 2.13. The number of alkyl halides is 6. The van der Waals surface area contributed by atoms with Gasteiger partial charge in [-0.2, -0.15) is 0 Å². The highest BCUT2D eigenvalue weighted by atomic mass is 35.5. The normalized spacial score (nSPS) is 43.9. The molecule has 1 aliphatic carbocycles. The molecule has 1 unspecified atom stereocenters. The maximum atomic E-state index is 5.88. The Labute approximate surface area is 129 Å². The van der Waals surface area contributed by atoms with Crippen LogP contribution in [0.1, 0.15) is 0 Å². The van der Waals surface area contributed by atoms with Gasteiger partial charge in [-0.3, -0.25) is 4.67 Å². The van der Waals surface area contributed by atoms with Gasteiger partial charge >= 0.3 is 0 Å². The molecule has 0 aliphatic heterocycles. The second kappa shape index (κ2) is 8.33. The van der Waals surface area contributed by atoms with Crippen LogP contribution in [0, 0.1) is 0 Å². The van der Waals surface area contributed by atoms with Gasteiger partial charge in [0, 0.05) is 0 Å². The fourth-order valence-corrected chi connectivity index (χ4v) is 3.38. The molecule has 0 radical (unpaired) electrons. The zero-order chi connectivity index (χ0) is 13.0. The first-order valence-electron chi connectivity index (χ1n) is 4.46. The van der Waals surface area contributed by atoms with Crippen LogP contribution in [0.4, 0.5) is 0 Å². The Kier molecular flexibility index (Phi) is 9.44. The fourth-order valence-electron chi connectivity index (χ4n) is 1.05. The van der Waals surface area contributed by atoms with Crippen molar-refractivity contribution in [3.63, 3.8) is 0 Å². The average molecular weight is 368 g/mol. The summed E-state index contributed by atoms with van der Waals surface area (Å²) >= 11 is 35.3. The predicted molar refractivity (Wildman–Crippen MR) is 81.2 cm³/mol. The van der Waals surface area contributed by atoms with E-state index in [0.29, 0.717) is 0 Å². The van der Waals surface area contributed by atoms with Crippen LogP contribution < -0.4 is 0 Å². The van der Waals surface area contributed by atoms with Gasteiger partial charge in [0.25, 0.3) is 0 Å². The number of hydrogen-bond donors (Lipinski definition) is 0. The van der Waals surface area contributed by atoms with E-state index in [0.717, 1.165) is 0 Å². The van der Waals surface area contributed by atoms with Crippen LogP contribution in [0.15, 0.2) is 0 Å². The predicted octanol–water partition coefficient (Wildman–Crippen LogP) is 3.98. The molecule has 1 atom stereocenters. The molecule has 98 valence electrons. The zero-order valence-corrected chi connectivity index (χ0v) is 14.4. The smallest absolute Gasteiger partial charge is 0.0693 e. The largest absolute Gasteiger partial charge is 0.293 e. The van der Waals surface area contributed by atoms with Crippen molar-refractivity contribution in [3.05, 3.63) is 0 Å². The molecule has 0 N–H and O–H groups in total. The van der Waals surface area contributed by atoms with Crippen molar-refractivity contribution in [2.75, 3.05) is 14.1 Å². The highest BCUT2D eigenvalue weighted by Gasteiger charge is 2.46. The van der Waals surface area contributed by atoms with Crippen LogP contribution in [0.5, 0.6) is 0 Å². The molecular formula is C8H14Cl6NP. The first-order valence-corrected chi connectivity index (χ1v) is 7.60. The fraction of sp³-hybridized carbons (Fsp3) is 1.00. The Bertz CT molecular complexity index is 146.